The van der Waals surface area contributed by atoms with Crippen LogP contribution in [0.5, 0.6) is 5.75 Å². The second kappa shape index (κ2) is 6.10. The first kappa shape index (κ1) is 13.9. The van der Waals surface area contributed by atoms with Crippen LogP contribution in [0.25, 0.3) is 0 Å². The number of nitrogens with zero attached hydrogens (tertiary/aromatic N) is 1. The van der Waals surface area contributed by atoms with E-state index >= 15 is 0 Å². The van der Waals surface area contributed by atoms with E-state index in [0.717, 1.165) is 16.2 Å². The molecule has 0 aliphatic carbocycles. The van der Waals surface area contributed by atoms with E-state index in [-0.39, 0.29) is 0 Å². The zero-order valence-electron chi connectivity index (χ0n) is 10.2. The third-order valence-corrected chi connectivity index (χ3v) is 3.52. The van der Waals surface area contributed by atoms with Crippen molar-refractivity contribution in [2.45, 2.75) is 6.04 Å². The zero-order chi connectivity index (χ0) is 13.8. The summed E-state index contributed by atoms with van der Waals surface area (Å²) in [4.78, 5) is 3.73. The van der Waals surface area contributed by atoms with Gasteiger partial charge in [-0.15, -0.1) is 0 Å². The Kier molecular flexibility index (Phi) is 4.47. The standard InChI is InChI=1S/C13H13BrFN3O/c1-19-8-2-3-11(14)10(6-8)13(18-16)9-4-5-17-7-12(9)15/h2-7,13,18H,16H2,1H3. The van der Waals surface area contributed by atoms with Crippen molar-refractivity contribution in [3.8, 4) is 5.75 Å². The highest BCUT2D eigenvalue weighted by Gasteiger charge is 2.19. The molecule has 4 nitrogen and oxygen atoms in total. The Balaban J connectivity index is 2.51. The number of pyridine rings is 1. The summed E-state index contributed by atoms with van der Waals surface area (Å²) < 4.78 is 19.8. The lowest BCUT2D eigenvalue weighted by atomic mass is 9.99. The highest BCUT2D eigenvalue weighted by Crippen LogP contribution is 2.32. The molecule has 1 unspecified atom stereocenters. The van der Waals surface area contributed by atoms with Crippen molar-refractivity contribution in [3.63, 3.8) is 0 Å². The van der Waals surface area contributed by atoms with Crippen molar-refractivity contribution in [2.75, 3.05) is 7.11 Å². The first-order valence-electron chi connectivity index (χ1n) is 5.56. The van der Waals surface area contributed by atoms with Crippen molar-refractivity contribution in [1.82, 2.24) is 10.4 Å². The lowest BCUT2D eigenvalue weighted by Gasteiger charge is -2.19. The molecule has 1 atom stereocenters. The third kappa shape index (κ3) is 2.91. The summed E-state index contributed by atoms with van der Waals surface area (Å²) >= 11 is 3.43. The topological polar surface area (TPSA) is 60.2 Å². The van der Waals surface area contributed by atoms with Crippen LogP contribution < -0.4 is 16.0 Å². The lowest BCUT2D eigenvalue weighted by molar-refractivity contribution is 0.413. The smallest absolute Gasteiger partial charge is 0.146 e. The molecule has 100 valence electrons. The molecule has 6 heteroatoms. The van der Waals surface area contributed by atoms with Crippen LogP contribution in [0.3, 0.4) is 0 Å². The highest BCUT2D eigenvalue weighted by atomic mass is 79.9. The molecule has 0 bridgehead atoms. The number of nitrogens with one attached hydrogen (secondary N) is 1. The largest absolute Gasteiger partial charge is 0.497 e. The number of hydrazine groups is 1. The normalized spacial score (nSPS) is 12.2. The van der Waals surface area contributed by atoms with Gasteiger partial charge in [0.1, 0.15) is 11.6 Å². The van der Waals surface area contributed by atoms with E-state index in [9.17, 15) is 4.39 Å². The molecule has 19 heavy (non-hydrogen) atoms. The van der Waals surface area contributed by atoms with Crippen molar-refractivity contribution in [1.29, 1.82) is 0 Å². The molecule has 0 radical (unpaired) electrons. The Morgan fingerprint density at radius 1 is 1.37 bits per heavy atom. The number of halogens is 2. The second-order valence-corrected chi connectivity index (χ2v) is 4.74. The van der Waals surface area contributed by atoms with Gasteiger partial charge in [-0.25, -0.2) is 9.82 Å². The molecule has 0 fully saturated rings. The van der Waals surface area contributed by atoms with Gasteiger partial charge in [-0.3, -0.25) is 10.8 Å². The van der Waals surface area contributed by atoms with Crippen molar-refractivity contribution in [3.05, 3.63) is 58.1 Å². The molecular weight excluding hydrogens is 313 g/mol. The van der Waals surface area contributed by atoms with E-state index < -0.39 is 11.9 Å². The Labute approximate surface area is 118 Å². The number of methoxy groups -OCH3 is 1. The van der Waals surface area contributed by atoms with Gasteiger partial charge in [0.25, 0.3) is 0 Å². The van der Waals surface area contributed by atoms with E-state index in [0.29, 0.717) is 11.3 Å². The molecule has 3 N–H and O–H groups in total. The molecule has 0 saturated heterocycles. The fourth-order valence-corrected chi connectivity index (χ4v) is 2.31. The third-order valence-electron chi connectivity index (χ3n) is 2.80. The van der Waals surface area contributed by atoms with Crippen molar-refractivity contribution in [2.24, 2.45) is 5.84 Å². The van der Waals surface area contributed by atoms with Gasteiger partial charge >= 0.3 is 0 Å². The quantitative estimate of drug-likeness (QED) is 0.670. The lowest BCUT2D eigenvalue weighted by Crippen LogP contribution is -2.29. The van der Waals surface area contributed by atoms with Crippen molar-refractivity contribution >= 4 is 15.9 Å². The SMILES string of the molecule is COc1ccc(Br)c(C(NN)c2ccncc2F)c1. The molecule has 0 saturated carbocycles. The summed E-state index contributed by atoms with van der Waals surface area (Å²) in [6, 6.07) is 6.54. The Morgan fingerprint density at radius 2 is 2.16 bits per heavy atom. The molecule has 1 aromatic heterocycles. The average Bonchev–Trinajstić information content (AvgIpc) is 2.43. The number of rotatable bonds is 4. The average molecular weight is 326 g/mol. The van der Waals surface area contributed by atoms with E-state index in [1.165, 1.54) is 6.20 Å². The van der Waals surface area contributed by atoms with Crippen LogP contribution in [0.2, 0.25) is 0 Å². The van der Waals surface area contributed by atoms with Crippen LogP contribution in [0.1, 0.15) is 17.2 Å². The zero-order valence-corrected chi connectivity index (χ0v) is 11.8. The molecule has 2 aromatic rings. The van der Waals surface area contributed by atoms with Crippen LogP contribution >= 0.6 is 15.9 Å². The monoisotopic (exact) mass is 325 g/mol. The molecular formula is C13H13BrFN3O. The number of ether oxygens (including phenoxy) is 1. The van der Waals surface area contributed by atoms with E-state index in [1.54, 1.807) is 19.2 Å². The summed E-state index contributed by atoms with van der Waals surface area (Å²) in [6.07, 6.45) is 2.69. The maximum absolute atomic E-state index is 13.8. The fourth-order valence-electron chi connectivity index (χ4n) is 1.84. The summed E-state index contributed by atoms with van der Waals surface area (Å²) in [7, 11) is 1.57. The minimum atomic E-state index is -0.493. The minimum Gasteiger partial charge on any atom is -0.497 e. The summed E-state index contributed by atoms with van der Waals surface area (Å²) in [5.41, 5.74) is 3.82. The van der Waals surface area contributed by atoms with E-state index in [4.69, 9.17) is 10.6 Å². The molecule has 0 aliphatic rings. The van der Waals surface area contributed by atoms with Crippen molar-refractivity contribution < 1.29 is 9.13 Å². The van der Waals surface area contributed by atoms with Gasteiger partial charge in [-0.05, 0) is 29.8 Å². The van der Waals surface area contributed by atoms with Gasteiger partial charge in [-0.2, -0.15) is 0 Å². The number of hydrogen-bond donors (Lipinski definition) is 2. The van der Waals surface area contributed by atoms with Gasteiger partial charge in [0.05, 0.1) is 19.3 Å². The maximum atomic E-state index is 13.8. The van der Waals surface area contributed by atoms with E-state index in [2.05, 4.69) is 26.3 Å². The Morgan fingerprint density at radius 3 is 2.79 bits per heavy atom. The van der Waals surface area contributed by atoms with Crippen LogP contribution in [-0.2, 0) is 0 Å². The van der Waals surface area contributed by atoms with Gasteiger partial charge in [0, 0.05) is 16.2 Å². The fraction of sp³-hybridized carbons (Fsp3) is 0.154. The summed E-state index contributed by atoms with van der Waals surface area (Å²) in [5, 5.41) is 0. The van der Waals surface area contributed by atoms with Gasteiger partial charge in [0.2, 0.25) is 0 Å². The maximum Gasteiger partial charge on any atom is 0.146 e. The number of benzene rings is 1. The molecule has 0 amide bonds. The first-order chi connectivity index (χ1) is 9.17. The molecule has 0 spiro atoms. The van der Waals surface area contributed by atoms with Crippen LogP contribution in [0, 0.1) is 5.82 Å². The molecule has 0 aliphatic heterocycles. The Hall–Kier alpha value is -1.50. The van der Waals surface area contributed by atoms with Gasteiger partial charge in [0.15, 0.2) is 0 Å². The van der Waals surface area contributed by atoms with E-state index in [1.807, 2.05) is 12.1 Å². The first-order valence-corrected chi connectivity index (χ1v) is 6.35. The van der Waals surface area contributed by atoms with Gasteiger partial charge in [-0.1, -0.05) is 15.9 Å². The summed E-state index contributed by atoms with van der Waals surface area (Å²) in [6.45, 7) is 0. The Bertz CT molecular complexity index is 580. The second-order valence-electron chi connectivity index (χ2n) is 3.88. The van der Waals surface area contributed by atoms with Gasteiger partial charge < -0.3 is 4.74 Å². The predicted molar refractivity (Wildman–Crippen MR) is 74.1 cm³/mol. The number of hydrogen-bond acceptors (Lipinski definition) is 4. The number of aromatic nitrogens is 1. The molecule has 1 heterocycles. The highest BCUT2D eigenvalue weighted by molar-refractivity contribution is 9.10. The van der Waals surface area contributed by atoms with Crippen LogP contribution in [-0.4, -0.2) is 12.1 Å². The van der Waals surface area contributed by atoms with Crippen LogP contribution in [0.4, 0.5) is 4.39 Å². The summed E-state index contributed by atoms with van der Waals surface area (Å²) in [5.74, 6) is 5.82. The number of nitrogens with two attached hydrogens (primary N) is 1. The van der Waals surface area contributed by atoms with Crippen LogP contribution in [0.15, 0.2) is 41.1 Å². The molecule has 2 rings (SSSR count). The molecule has 1 aromatic carbocycles. The predicted octanol–water partition coefficient (Wildman–Crippen LogP) is 2.54. The minimum absolute atomic E-state index is 0.417.